The van der Waals surface area contributed by atoms with Crippen LogP contribution in [0.3, 0.4) is 0 Å². The van der Waals surface area contributed by atoms with Crippen LogP contribution >= 0.6 is 0 Å². The van der Waals surface area contributed by atoms with Gasteiger partial charge in [0.2, 0.25) is 0 Å². The number of benzene rings is 2. The summed E-state index contributed by atoms with van der Waals surface area (Å²) in [7, 11) is 1.67. The molecule has 0 aliphatic heterocycles. The third-order valence-electron chi connectivity index (χ3n) is 3.41. The minimum Gasteiger partial charge on any atom is -0.496 e. The van der Waals surface area contributed by atoms with E-state index < -0.39 is 0 Å². The lowest BCUT2D eigenvalue weighted by molar-refractivity contribution is 0.317. The van der Waals surface area contributed by atoms with Gasteiger partial charge in [0.15, 0.2) is 0 Å². The second-order valence-corrected chi connectivity index (χ2v) is 5.14. The summed E-state index contributed by atoms with van der Waals surface area (Å²) in [6.45, 7) is 4.86. The van der Waals surface area contributed by atoms with Gasteiger partial charge in [-0.05, 0) is 37.1 Å². The first-order valence-corrected chi connectivity index (χ1v) is 7.28. The quantitative estimate of drug-likeness (QED) is 0.877. The summed E-state index contributed by atoms with van der Waals surface area (Å²) in [6, 6.07) is 13.8. The van der Waals surface area contributed by atoms with Crippen molar-refractivity contribution < 1.29 is 9.47 Å². The van der Waals surface area contributed by atoms with Crippen molar-refractivity contribution in [2.75, 3.05) is 13.7 Å². The van der Waals surface area contributed by atoms with Gasteiger partial charge in [0, 0.05) is 5.56 Å². The lowest BCUT2D eigenvalue weighted by Gasteiger charge is -2.17. The predicted octanol–water partition coefficient (Wildman–Crippen LogP) is 3.84. The monoisotopic (exact) mass is 285 g/mol. The van der Waals surface area contributed by atoms with E-state index in [1.807, 2.05) is 36.4 Å². The number of ether oxygens (including phenoxy) is 2. The normalized spacial score (nSPS) is 12.0. The molecule has 21 heavy (non-hydrogen) atoms. The van der Waals surface area contributed by atoms with E-state index in [1.54, 1.807) is 7.11 Å². The van der Waals surface area contributed by atoms with Crippen LogP contribution in [0.15, 0.2) is 42.5 Å². The molecule has 2 aromatic carbocycles. The molecule has 0 bridgehead atoms. The average Bonchev–Trinajstić information content (AvgIpc) is 2.52. The van der Waals surface area contributed by atoms with Crippen LogP contribution in [0, 0.1) is 6.92 Å². The predicted molar refractivity (Wildman–Crippen MR) is 86.0 cm³/mol. The summed E-state index contributed by atoms with van der Waals surface area (Å²) >= 11 is 0. The second kappa shape index (κ2) is 7.14. The molecule has 1 unspecified atom stereocenters. The molecule has 0 heterocycles. The zero-order valence-corrected chi connectivity index (χ0v) is 12.9. The van der Waals surface area contributed by atoms with Crippen LogP contribution in [0.2, 0.25) is 0 Å². The fraction of sp³-hybridized carbons (Fsp3) is 0.333. The summed E-state index contributed by atoms with van der Waals surface area (Å²) < 4.78 is 11.1. The molecular weight excluding hydrogens is 262 g/mol. The molecule has 0 radical (unpaired) electrons. The van der Waals surface area contributed by atoms with Gasteiger partial charge in [-0.2, -0.15) is 0 Å². The Morgan fingerprint density at radius 1 is 1.14 bits per heavy atom. The van der Waals surface area contributed by atoms with Crippen LogP contribution in [0.1, 0.15) is 36.1 Å². The Kier molecular flexibility index (Phi) is 5.23. The minimum atomic E-state index is -0.231. The standard InChI is InChI=1S/C18H23NO2/c1-4-10-21-15-7-5-6-14(12-15)18(19)16-11-13(2)8-9-17(16)20-3/h5-9,11-12,18H,4,10,19H2,1-3H3. The zero-order valence-electron chi connectivity index (χ0n) is 12.9. The Morgan fingerprint density at radius 3 is 2.67 bits per heavy atom. The first-order chi connectivity index (χ1) is 10.2. The van der Waals surface area contributed by atoms with Gasteiger partial charge in [0.25, 0.3) is 0 Å². The van der Waals surface area contributed by atoms with Crippen molar-refractivity contribution in [3.63, 3.8) is 0 Å². The van der Waals surface area contributed by atoms with E-state index in [4.69, 9.17) is 15.2 Å². The highest BCUT2D eigenvalue weighted by Gasteiger charge is 2.15. The minimum absolute atomic E-state index is 0.231. The van der Waals surface area contributed by atoms with E-state index in [2.05, 4.69) is 19.9 Å². The van der Waals surface area contributed by atoms with E-state index in [-0.39, 0.29) is 6.04 Å². The molecular formula is C18H23NO2. The summed E-state index contributed by atoms with van der Waals surface area (Å²) in [5.74, 6) is 1.67. The van der Waals surface area contributed by atoms with E-state index in [0.29, 0.717) is 6.61 Å². The molecule has 0 aliphatic carbocycles. The molecule has 0 saturated carbocycles. The van der Waals surface area contributed by atoms with Gasteiger partial charge < -0.3 is 15.2 Å². The Balaban J connectivity index is 2.31. The van der Waals surface area contributed by atoms with Crippen molar-refractivity contribution in [1.82, 2.24) is 0 Å². The van der Waals surface area contributed by atoms with Crippen LogP contribution < -0.4 is 15.2 Å². The van der Waals surface area contributed by atoms with Gasteiger partial charge in [-0.25, -0.2) is 0 Å². The highest BCUT2D eigenvalue weighted by molar-refractivity contribution is 5.44. The van der Waals surface area contributed by atoms with Crippen molar-refractivity contribution >= 4 is 0 Å². The van der Waals surface area contributed by atoms with Crippen LogP contribution in [0.5, 0.6) is 11.5 Å². The Labute approximate surface area is 126 Å². The number of methoxy groups -OCH3 is 1. The fourth-order valence-corrected chi connectivity index (χ4v) is 2.29. The molecule has 0 fully saturated rings. The maximum Gasteiger partial charge on any atom is 0.123 e. The Hall–Kier alpha value is -2.00. The van der Waals surface area contributed by atoms with E-state index in [9.17, 15) is 0 Å². The molecule has 1 atom stereocenters. The van der Waals surface area contributed by atoms with Crippen LogP contribution in [0.25, 0.3) is 0 Å². The molecule has 2 rings (SSSR count). The molecule has 0 spiro atoms. The summed E-state index contributed by atoms with van der Waals surface area (Å²) in [5, 5.41) is 0. The lowest BCUT2D eigenvalue weighted by atomic mass is 9.97. The van der Waals surface area contributed by atoms with Crippen molar-refractivity contribution in [3.05, 3.63) is 59.2 Å². The van der Waals surface area contributed by atoms with Crippen molar-refractivity contribution in [2.45, 2.75) is 26.3 Å². The smallest absolute Gasteiger partial charge is 0.123 e. The maximum absolute atomic E-state index is 6.42. The van der Waals surface area contributed by atoms with Crippen molar-refractivity contribution in [2.24, 2.45) is 5.73 Å². The summed E-state index contributed by atoms with van der Waals surface area (Å²) in [5.41, 5.74) is 9.60. The van der Waals surface area contributed by atoms with Gasteiger partial charge in [-0.3, -0.25) is 0 Å². The first-order valence-electron chi connectivity index (χ1n) is 7.28. The fourth-order valence-electron chi connectivity index (χ4n) is 2.29. The number of nitrogens with two attached hydrogens (primary N) is 1. The van der Waals surface area contributed by atoms with E-state index >= 15 is 0 Å². The first kappa shape index (κ1) is 15.4. The summed E-state index contributed by atoms with van der Waals surface area (Å²) in [4.78, 5) is 0. The van der Waals surface area contributed by atoms with Crippen LogP contribution in [-0.2, 0) is 0 Å². The molecule has 0 amide bonds. The molecule has 2 aromatic rings. The average molecular weight is 285 g/mol. The highest BCUT2D eigenvalue weighted by atomic mass is 16.5. The number of hydrogen-bond donors (Lipinski definition) is 1. The van der Waals surface area contributed by atoms with Crippen LogP contribution in [-0.4, -0.2) is 13.7 Å². The van der Waals surface area contributed by atoms with Gasteiger partial charge in [0.1, 0.15) is 11.5 Å². The third kappa shape index (κ3) is 3.76. The SMILES string of the molecule is CCCOc1cccc(C(N)c2cc(C)ccc2OC)c1. The Bertz CT molecular complexity index is 596. The second-order valence-electron chi connectivity index (χ2n) is 5.14. The molecule has 0 aliphatic rings. The molecule has 112 valence electrons. The molecule has 0 saturated heterocycles. The number of rotatable bonds is 6. The third-order valence-corrected chi connectivity index (χ3v) is 3.41. The maximum atomic E-state index is 6.42. The molecule has 0 aromatic heterocycles. The highest BCUT2D eigenvalue weighted by Crippen LogP contribution is 2.30. The largest absolute Gasteiger partial charge is 0.496 e. The van der Waals surface area contributed by atoms with E-state index in [1.165, 1.54) is 5.56 Å². The number of aryl methyl sites for hydroxylation is 1. The van der Waals surface area contributed by atoms with Crippen molar-refractivity contribution in [1.29, 1.82) is 0 Å². The zero-order chi connectivity index (χ0) is 15.2. The van der Waals surface area contributed by atoms with Gasteiger partial charge in [0.05, 0.1) is 19.8 Å². The topological polar surface area (TPSA) is 44.5 Å². The van der Waals surface area contributed by atoms with Crippen molar-refractivity contribution in [3.8, 4) is 11.5 Å². The summed E-state index contributed by atoms with van der Waals surface area (Å²) in [6.07, 6.45) is 0.988. The van der Waals surface area contributed by atoms with Gasteiger partial charge in [-0.15, -0.1) is 0 Å². The number of hydrogen-bond acceptors (Lipinski definition) is 3. The molecule has 2 N–H and O–H groups in total. The molecule has 3 nitrogen and oxygen atoms in total. The van der Waals surface area contributed by atoms with Crippen LogP contribution in [0.4, 0.5) is 0 Å². The van der Waals surface area contributed by atoms with E-state index in [0.717, 1.165) is 29.0 Å². The Morgan fingerprint density at radius 2 is 1.95 bits per heavy atom. The molecule has 3 heteroatoms. The van der Waals surface area contributed by atoms with Gasteiger partial charge in [-0.1, -0.05) is 36.8 Å². The van der Waals surface area contributed by atoms with Gasteiger partial charge >= 0.3 is 0 Å². The lowest BCUT2D eigenvalue weighted by Crippen LogP contribution is -2.13.